The molecule has 2 amide bonds. The van der Waals surface area contributed by atoms with Gasteiger partial charge < -0.3 is 10.1 Å². The van der Waals surface area contributed by atoms with Gasteiger partial charge >= 0.3 is 6.03 Å². The van der Waals surface area contributed by atoms with Gasteiger partial charge in [-0.1, -0.05) is 0 Å². The number of urea groups is 1. The number of carbonyl (C=O) groups is 1. The van der Waals surface area contributed by atoms with Gasteiger partial charge in [0.05, 0.1) is 7.11 Å². The summed E-state index contributed by atoms with van der Waals surface area (Å²) < 4.78 is 5.00. The summed E-state index contributed by atoms with van der Waals surface area (Å²) in [6.45, 7) is 0. The fourth-order valence-electron chi connectivity index (χ4n) is 1.04. The van der Waals surface area contributed by atoms with Crippen LogP contribution in [0.1, 0.15) is 0 Å². The highest BCUT2D eigenvalue weighted by Crippen LogP contribution is 2.14. The number of hydrazine groups is 1. The van der Waals surface area contributed by atoms with Crippen molar-refractivity contribution in [1.82, 2.24) is 10.4 Å². The Kier molecular flexibility index (Phi) is 3.93. The molecule has 0 aromatic heterocycles. The van der Waals surface area contributed by atoms with Crippen molar-refractivity contribution >= 4 is 11.7 Å². The molecule has 0 unspecified atom stereocenters. The molecule has 0 spiro atoms. The summed E-state index contributed by atoms with van der Waals surface area (Å²) in [6.07, 6.45) is 0. The summed E-state index contributed by atoms with van der Waals surface area (Å²) in [5, 5.41) is 4.25. The number of rotatable bonds is 3. The van der Waals surface area contributed by atoms with Crippen molar-refractivity contribution in [1.29, 1.82) is 0 Å². The van der Waals surface area contributed by atoms with Gasteiger partial charge in [-0.2, -0.15) is 0 Å². The van der Waals surface area contributed by atoms with E-state index in [0.717, 1.165) is 11.4 Å². The van der Waals surface area contributed by atoms with Crippen molar-refractivity contribution < 1.29 is 9.53 Å². The van der Waals surface area contributed by atoms with E-state index in [-0.39, 0.29) is 6.03 Å². The Labute approximate surface area is 89.0 Å². The molecule has 0 radical (unpaired) electrons. The van der Waals surface area contributed by atoms with Gasteiger partial charge in [0, 0.05) is 19.8 Å². The molecule has 0 saturated heterocycles. The standard InChI is InChI=1S/C10H15N3O2/c1-13(2)12-10(14)11-8-4-6-9(15-3)7-5-8/h4-7H,1-3H3,(H2,11,12,14). The second kappa shape index (κ2) is 5.21. The van der Waals surface area contributed by atoms with E-state index in [0.29, 0.717) is 0 Å². The molecule has 82 valence electrons. The van der Waals surface area contributed by atoms with Crippen molar-refractivity contribution in [2.75, 3.05) is 26.5 Å². The maximum absolute atomic E-state index is 11.3. The third-order valence-electron chi connectivity index (χ3n) is 1.67. The van der Waals surface area contributed by atoms with Crippen LogP contribution in [0.4, 0.5) is 10.5 Å². The number of hydrogen-bond acceptors (Lipinski definition) is 3. The number of carbonyl (C=O) groups excluding carboxylic acids is 1. The summed E-state index contributed by atoms with van der Waals surface area (Å²) >= 11 is 0. The van der Waals surface area contributed by atoms with Crippen LogP contribution in [0, 0.1) is 0 Å². The maximum Gasteiger partial charge on any atom is 0.333 e. The van der Waals surface area contributed by atoms with Gasteiger partial charge in [-0.05, 0) is 24.3 Å². The van der Waals surface area contributed by atoms with E-state index < -0.39 is 0 Å². The molecule has 1 aromatic rings. The normalized spacial score (nSPS) is 9.87. The summed E-state index contributed by atoms with van der Waals surface area (Å²) in [7, 11) is 5.09. The van der Waals surface area contributed by atoms with Crippen LogP contribution in [0.5, 0.6) is 5.75 Å². The van der Waals surface area contributed by atoms with Crippen LogP contribution in [-0.2, 0) is 0 Å². The van der Waals surface area contributed by atoms with Crippen LogP contribution < -0.4 is 15.5 Å². The van der Waals surface area contributed by atoms with Gasteiger partial charge in [0.1, 0.15) is 5.75 Å². The number of anilines is 1. The van der Waals surface area contributed by atoms with Gasteiger partial charge in [-0.25, -0.2) is 9.80 Å². The second-order valence-corrected chi connectivity index (χ2v) is 3.19. The van der Waals surface area contributed by atoms with E-state index in [4.69, 9.17) is 4.74 Å². The molecule has 0 saturated carbocycles. The SMILES string of the molecule is COc1ccc(NC(=O)NN(C)C)cc1. The van der Waals surface area contributed by atoms with Crippen molar-refractivity contribution in [2.24, 2.45) is 0 Å². The van der Waals surface area contributed by atoms with Crippen LogP contribution in [0.15, 0.2) is 24.3 Å². The minimum absolute atomic E-state index is 0.273. The van der Waals surface area contributed by atoms with Gasteiger partial charge in [-0.3, -0.25) is 5.43 Å². The molecule has 0 fully saturated rings. The first-order chi connectivity index (χ1) is 7.11. The van der Waals surface area contributed by atoms with E-state index >= 15 is 0 Å². The topological polar surface area (TPSA) is 53.6 Å². The molecular formula is C10H15N3O2. The monoisotopic (exact) mass is 209 g/mol. The number of nitrogens with one attached hydrogen (secondary N) is 2. The molecule has 0 aliphatic heterocycles. The molecule has 2 N–H and O–H groups in total. The van der Waals surface area contributed by atoms with Crippen LogP contribution in [0.3, 0.4) is 0 Å². The first kappa shape index (κ1) is 11.3. The number of benzene rings is 1. The highest BCUT2D eigenvalue weighted by atomic mass is 16.5. The predicted octanol–water partition coefficient (Wildman–Crippen LogP) is 1.29. The first-order valence-corrected chi connectivity index (χ1v) is 4.51. The highest BCUT2D eigenvalue weighted by molar-refractivity contribution is 5.88. The van der Waals surface area contributed by atoms with Crippen LogP contribution in [0.2, 0.25) is 0 Å². The van der Waals surface area contributed by atoms with E-state index in [1.54, 1.807) is 50.5 Å². The van der Waals surface area contributed by atoms with Crippen molar-refractivity contribution in [3.05, 3.63) is 24.3 Å². The molecule has 0 bridgehead atoms. The first-order valence-electron chi connectivity index (χ1n) is 4.51. The lowest BCUT2D eigenvalue weighted by molar-refractivity contribution is 0.224. The molecule has 5 nitrogen and oxygen atoms in total. The Morgan fingerprint density at radius 1 is 1.27 bits per heavy atom. The minimum Gasteiger partial charge on any atom is -0.497 e. The zero-order valence-corrected chi connectivity index (χ0v) is 9.07. The van der Waals surface area contributed by atoms with E-state index in [1.807, 2.05) is 0 Å². The molecule has 0 heterocycles. The Morgan fingerprint density at radius 3 is 2.33 bits per heavy atom. The molecule has 1 aromatic carbocycles. The van der Waals surface area contributed by atoms with Crippen LogP contribution in [-0.4, -0.2) is 32.2 Å². The average Bonchev–Trinajstić information content (AvgIpc) is 2.17. The van der Waals surface area contributed by atoms with Gasteiger partial charge in [-0.15, -0.1) is 0 Å². The summed E-state index contributed by atoms with van der Waals surface area (Å²) in [4.78, 5) is 11.3. The smallest absolute Gasteiger partial charge is 0.333 e. The van der Waals surface area contributed by atoms with E-state index in [2.05, 4.69) is 10.7 Å². The predicted molar refractivity (Wildman–Crippen MR) is 58.8 cm³/mol. The fourth-order valence-corrected chi connectivity index (χ4v) is 1.04. The zero-order chi connectivity index (χ0) is 11.3. The van der Waals surface area contributed by atoms with Crippen LogP contribution in [0.25, 0.3) is 0 Å². The highest BCUT2D eigenvalue weighted by Gasteiger charge is 2.01. The van der Waals surface area contributed by atoms with Crippen LogP contribution >= 0.6 is 0 Å². The zero-order valence-electron chi connectivity index (χ0n) is 9.07. The molecule has 1 rings (SSSR count). The Balaban J connectivity index is 2.53. The lowest BCUT2D eigenvalue weighted by Crippen LogP contribution is -2.39. The average molecular weight is 209 g/mol. The molecule has 0 aliphatic rings. The number of methoxy groups -OCH3 is 1. The number of hydrogen-bond donors (Lipinski definition) is 2. The third-order valence-corrected chi connectivity index (χ3v) is 1.67. The lowest BCUT2D eigenvalue weighted by Gasteiger charge is -2.12. The number of amides is 2. The maximum atomic E-state index is 11.3. The van der Waals surface area contributed by atoms with Crippen molar-refractivity contribution in [3.63, 3.8) is 0 Å². The third kappa shape index (κ3) is 3.86. The quantitative estimate of drug-likeness (QED) is 0.738. The molecule has 0 aliphatic carbocycles. The number of ether oxygens (including phenoxy) is 1. The number of nitrogens with zero attached hydrogens (tertiary/aromatic N) is 1. The fraction of sp³-hybridized carbons (Fsp3) is 0.300. The molecule has 0 atom stereocenters. The van der Waals surface area contributed by atoms with E-state index in [1.165, 1.54) is 0 Å². The van der Waals surface area contributed by atoms with Gasteiger partial charge in [0.25, 0.3) is 0 Å². The largest absolute Gasteiger partial charge is 0.497 e. The molecule has 15 heavy (non-hydrogen) atoms. The second-order valence-electron chi connectivity index (χ2n) is 3.19. The summed E-state index contributed by atoms with van der Waals surface area (Å²) in [5.41, 5.74) is 3.29. The summed E-state index contributed by atoms with van der Waals surface area (Å²) in [6, 6.07) is 6.84. The van der Waals surface area contributed by atoms with E-state index in [9.17, 15) is 4.79 Å². The summed E-state index contributed by atoms with van der Waals surface area (Å²) in [5.74, 6) is 0.758. The molecular weight excluding hydrogens is 194 g/mol. The van der Waals surface area contributed by atoms with Gasteiger partial charge in [0.2, 0.25) is 0 Å². The lowest BCUT2D eigenvalue weighted by atomic mass is 10.3. The molecule has 5 heteroatoms. The Hall–Kier alpha value is -1.75. The van der Waals surface area contributed by atoms with Gasteiger partial charge in [0.15, 0.2) is 0 Å². The minimum atomic E-state index is -0.273. The van der Waals surface area contributed by atoms with Crippen molar-refractivity contribution in [3.8, 4) is 5.75 Å². The van der Waals surface area contributed by atoms with Crippen molar-refractivity contribution in [2.45, 2.75) is 0 Å². The Morgan fingerprint density at radius 2 is 1.87 bits per heavy atom. The Bertz CT molecular complexity index is 322.